The lowest BCUT2D eigenvalue weighted by molar-refractivity contribution is -0.122. The average Bonchev–Trinajstić information content (AvgIpc) is 2.90. The largest absolute Gasteiger partial charge is 0.478 e. The molecular formula is C19H16ClFN2O4. The molecule has 0 atom stereocenters. The Morgan fingerprint density at radius 3 is 2.74 bits per heavy atom. The molecule has 0 radical (unpaired) electrons. The third-order valence-corrected chi connectivity index (χ3v) is 5.51. The normalized spacial score (nSPS) is 23.8. The van der Waals surface area contributed by atoms with Crippen LogP contribution in [0.2, 0.25) is 5.02 Å². The van der Waals surface area contributed by atoms with Crippen molar-refractivity contribution >= 4 is 29.2 Å². The molecule has 2 aliphatic rings. The van der Waals surface area contributed by atoms with Crippen molar-refractivity contribution in [1.29, 1.82) is 0 Å². The summed E-state index contributed by atoms with van der Waals surface area (Å²) in [6.07, 6.45) is 3.04. The molecule has 2 aromatic rings. The number of nitrogens with one attached hydrogen (secondary N) is 1. The standard InChI is InChI=1S/C19H16ClFN2O4/c20-11-8-14(21)16(22-9-11)27-12-3-5-19(6-4-12)13-7-10(17(24)25)1-2-15(13)23-18(19)26/h1-2,7-9,12H,3-6H2,(H,23,26)(H,24,25). The molecule has 2 heterocycles. The third-order valence-electron chi connectivity index (χ3n) is 5.30. The summed E-state index contributed by atoms with van der Waals surface area (Å²) in [6.45, 7) is 0. The number of amides is 1. The van der Waals surface area contributed by atoms with Gasteiger partial charge in [0, 0.05) is 11.9 Å². The quantitative estimate of drug-likeness (QED) is 0.832. The summed E-state index contributed by atoms with van der Waals surface area (Å²) in [5.41, 5.74) is 0.735. The lowest BCUT2D eigenvalue weighted by Crippen LogP contribution is -2.41. The minimum absolute atomic E-state index is 0.107. The zero-order chi connectivity index (χ0) is 19.2. The van der Waals surface area contributed by atoms with Crippen LogP contribution >= 0.6 is 11.6 Å². The van der Waals surface area contributed by atoms with Crippen LogP contribution in [-0.2, 0) is 10.2 Å². The molecule has 0 unspecified atom stereocenters. The maximum atomic E-state index is 13.9. The van der Waals surface area contributed by atoms with Crippen molar-refractivity contribution in [3.8, 4) is 5.88 Å². The summed E-state index contributed by atoms with van der Waals surface area (Å²) >= 11 is 5.70. The number of carboxylic acid groups (broad SMARTS) is 1. The Balaban J connectivity index is 1.54. The number of carbonyl (C=O) groups excluding carboxylic acids is 1. The second-order valence-electron chi connectivity index (χ2n) is 6.86. The summed E-state index contributed by atoms with van der Waals surface area (Å²) in [5, 5.41) is 12.3. The van der Waals surface area contributed by atoms with Gasteiger partial charge in [-0.05, 0) is 55.5 Å². The number of aromatic nitrogens is 1. The van der Waals surface area contributed by atoms with Gasteiger partial charge in [0.1, 0.15) is 6.10 Å². The molecule has 2 N–H and O–H groups in total. The average molecular weight is 391 g/mol. The molecule has 1 saturated carbocycles. The Bertz CT molecular complexity index is 941. The summed E-state index contributed by atoms with van der Waals surface area (Å²) in [7, 11) is 0. The van der Waals surface area contributed by atoms with E-state index in [9.17, 15) is 19.1 Å². The van der Waals surface area contributed by atoms with Crippen molar-refractivity contribution in [2.75, 3.05) is 5.32 Å². The monoisotopic (exact) mass is 390 g/mol. The summed E-state index contributed by atoms with van der Waals surface area (Å²) < 4.78 is 19.5. The van der Waals surface area contributed by atoms with Gasteiger partial charge in [0.05, 0.1) is 16.0 Å². The van der Waals surface area contributed by atoms with Crippen LogP contribution in [0.5, 0.6) is 5.88 Å². The number of benzene rings is 1. The molecule has 27 heavy (non-hydrogen) atoms. The Morgan fingerprint density at radius 1 is 1.33 bits per heavy atom. The Morgan fingerprint density at radius 2 is 2.07 bits per heavy atom. The molecule has 1 fully saturated rings. The first-order valence-corrected chi connectivity index (χ1v) is 8.94. The molecule has 1 amide bonds. The number of halogens is 2. The number of pyridine rings is 1. The molecule has 4 rings (SSSR count). The number of nitrogens with zero attached hydrogens (tertiary/aromatic N) is 1. The first kappa shape index (κ1) is 17.7. The molecule has 140 valence electrons. The zero-order valence-electron chi connectivity index (χ0n) is 14.2. The maximum Gasteiger partial charge on any atom is 0.335 e. The number of carboxylic acids is 1. The molecule has 1 aromatic carbocycles. The summed E-state index contributed by atoms with van der Waals surface area (Å²) in [4.78, 5) is 27.8. The number of aromatic carboxylic acids is 1. The Hall–Kier alpha value is -2.67. The molecule has 1 aromatic heterocycles. The summed E-state index contributed by atoms with van der Waals surface area (Å²) in [6, 6.07) is 5.81. The van der Waals surface area contributed by atoms with E-state index in [0.29, 0.717) is 36.9 Å². The van der Waals surface area contributed by atoms with E-state index in [4.69, 9.17) is 16.3 Å². The van der Waals surface area contributed by atoms with E-state index in [0.717, 1.165) is 6.07 Å². The third kappa shape index (κ3) is 3.02. The number of hydrogen-bond acceptors (Lipinski definition) is 4. The van der Waals surface area contributed by atoms with Crippen LogP contribution in [0.15, 0.2) is 30.5 Å². The van der Waals surface area contributed by atoms with Crippen LogP contribution in [0, 0.1) is 5.82 Å². The van der Waals surface area contributed by atoms with Gasteiger partial charge in [-0.3, -0.25) is 4.79 Å². The number of fused-ring (bicyclic) bond motifs is 2. The molecule has 1 aliphatic heterocycles. The molecule has 0 saturated heterocycles. The van der Waals surface area contributed by atoms with Gasteiger partial charge in [-0.15, -0.1) is 0 Å². The lowest BCUT2D eigenvalue weighted by Gasteiger charge is -2.35. The van der Waals surface area contributed by atoms with Crippen molar-refractivity contribution in [1.82, 2.24) is 4.98 Å². The molecule has 6 nitrogen and oxygen atoms in total. The minimum atomic E-state index is -1.03. The predicted octanol–water partition coefficient (Wildman–Crippen LogP) is 3.78. The first-order valence-electron chi connectivity index (χ1n) is 8.56. The van der Waals surface area contributed by atoms with Crippen molar-refractivity contribution in [2.45, 2.75) is 37.2 Å². The van der Waals surface area contributed by atoms with Crippen molar-refractivity contribution < 1.29 is 23.8 Å². The Labute approximate surface area is 159 Å². The van der Waals surface area contributed by atoms with Crippen molar-refractivity contribution in [2.24, 2.45) is 0 Å². The van der Waals surface area contributed by atoms with Gasteiger partial charge >= 0.3 is 5.97 Å². The van der Waals surface area contributed by atoms with Gasteiger partial charge in [0.15, 0.2) is 5.82 Å². The van der Waals surface area contributed by atoms with Gasteiger partial charge in [-0.2, -0.15) is 0 Å². The highest BCUT2D eigenvalue weighted by atomic mass is 35.5. The van der Waals surface area contributed by atoms with Gasteiger partial charge in [-0.1, -0.05) is 11.6 Å². The maximum absolute atomic E-state index is 13.9. The number of rotatable bonds is 3. The first-order chi connectivity index (χ1) is 12.9. The topological polar surface area (TPSA) is 88.5 Å². The fraction of sp³-hybridized carbons (Fsp3) is 0.316. The fourth-order valence-electron chi connectivity index (χ4n) is 3.89. The van der Waals surface area contributed by atoms with Crippen LogP contribution in [-0.4, -0.2) is 28.1 Å². The van der Waals surface area contributed by atoms with Crippen molar-refractivity contribution in [3.63, 3.8) is 0 Å². The summed E-state index contributed by atoms with van der Waals surface area (Å²) in [5.74, 6) is -1.90. The molecular weight excluding hydrogens is 375 g/mol. The highest BCUT2D eigenvalue weighted by Crippen LogP contribution is 2.48. The number of hydrogen-bond donors (Lipinski definition) is 2. The highest BCUT2D eigenvalue weighted by molar-refractivity contribution is 6.30. The second-order valence-corrected chi connectivity index (χ2v) is 7.30. The van der Waals surface area contributed by atoms with Gasteiger partial charge in [0.25, 0.3) is 5.88 Å². The fourth-order valence-corrected chi connectivity index (χ4v) is 4.04. The zero-order valence-corrected chi connectivity index (χ0v) is 14.9. The Kier molecular flexibility index (Phi) is 4.26. The number of carbonyl (C=O) groups is 2. The van der Waals surface area contributed by atoms with Crippen LogP contribution in [0.3, 0.4) is 0 Å². The SMILES string of the molecule is O=C(O)c1ccc2c(c1)C1(CCC(Oc3ncc(Cl)cc3F)CC1)C(=O)N2. The number of ether oxygens (including phenoxy) is 1. The molecule has 8 heteroatoms. The van der Waals surface area contributed by atoms with Crippen LogP contribution in [0.25, 0.3) is 0 Å². The lowest BCUT2D eigenvalue weighted by atomic mass is 9.69. The van der Waals surface area contributed by atoms with Gasteiger partial charge in [0.2, 0.25) is 5.91 Å². The molecule has 0 bridgehead atoms. The van der Waals surface area contributed by atoms with E-state index in [1.165, 1.54) is 12.3 Å². The van der Waals surface area contributed by atoms with Gasteiger partial charge < -0.3 is 15.2 Å². The highest BCUT2D eigenvalue weighted by Gasteiger charge is 2.49. The smallest absolute Gasteiger partial charge is 0.335 e. The van der Waals surface area contributed by atoms with Crippen LogP contribution in [0.1, 0.15) is 41.6 Å². The molecule has 1 aliphatic carbocycles. The second kappa shape index (κ2) is 6.49. The van der Waals surface area contributed by atoms with E-state index in [2.05, 4.69) is 10.3 Å². The van der Waals surface area contributed by atoms with E-state index >= 15 is 0 Å². The number of anilines is 1. The van der Waals surface area contributed by atoms with Crippen LogP contribution < -0.4 is 10.1 Å². The predicted molar refractivity (Wildman–Crippen MR) is 95.8 cm³/mol. The van der Waals surface area contributed by atoms with Crippen molar-refractivity contribution in [3.05, 3.63) is 52.4 Å². The molecule has 1 spiro atoms. The van der Waals surface area contributed by atoms with Crippen LogP contribution in [0.4, 0.5) is 10.1 Å². The van der Waals surface area contributed by atoms with E-state index < -0.39 is 17.2 Å². The van der Waals surface area contributed by atoms with E-state index in [-0.39, 0.29) is 28.5 Å². The minimum Gasteiger partial charge on any atom is -0.478 e. The van der Waals surface area contributed by atoms with E-state index in [1.54, 1.807) is 12.1 Å². The van der Waals surface area contributed by atoms with E-state index in [1.807, 2.05) is 0 Å². The van der Waals surface area contributed by atoms with Gasteiger partial charge in [-0.25, -0.2) is 14.2 Å².